The molecule has 3 heterocycles. The molecule has 2 aromatic rings. The Bertz CT molecular complexity index is 813. The lowest BCUT2D eigenvalue weighted by molar-refractivity contribution is -0.402. The van der Waals surface area contributed by atoms with Gasteiger partial charge in [0.2, 0.25) is 0 Å². The van der Waals surface area contributed by atoms with Crippen molar-refractivity contribution < 1.29 is 23.7 Å². The Morgan fingerprint density at radius 1 is 1.50 bits per heavy atom. The van der Waals surface area contributed by atoms with Crippen LogP contribution < -0.4 is 5.32 Å². The fourth-order valence-corrected chi connectivity index (χ4v) is 3.27. The van der Waals surface area contributed by atoms with E-state index in [1.807, 2.05) is 0 Å². The number of carbonyl (C=O) groups is 2. The minimum Gasteiger partial charge on any atom is -0.453 e. The van der Waals surface area contributed by atoms with Gasteiger partial charge in [-0.05, 0) is 6.07 Å². The van der Waals surface area contributed by atoms with Gasteiger partial charge in [-0.3, -0.25) is 20.2 Å². The molecule has 126 valence electrons. The van der Waals surface area contributed by atoms with Gasteiger partial charge in [0.05, 0.1) is 25.4 Å². The summed E-state index contributed by atoms with van der Waals surface area (Å²) in [5, 5.41) is 13.5. The molecule has 2 amide bonds. The van der Waals surface area contributed by atoms with Crippen LogP contribution in [0.1, 0.15) is 21.1 Å². The number of carbonyl (C=O) groups excluding carboxylic acids is 2. The highest BCUT2D eigenvalue weighted by Gasteiger charge is 2.28. The Morgan fingerprint density at radius 3 is 2.96 bits per heavy atom. The lowest BCUT2D eigenvalue weighted by atomic mass is 10.1. The Kier molecular flexibility index (Phi) is 4.16. The minimum atomic E-state index is -0.695. The summed E-state index contributed by atoms with van der Waals surface area (Å²) < 4.78 is 9.45. The summed E-state index contributed by atoms with van der Waals surface area (Å²) in [6.45, 7) is 0.699. The molecule has 1 aliphatic heterocycles. The fraction of sp³-hybridized carbons (Fsp3) is 0.308. The first-order chi connectivity index (χ1) is 11.5. The molecule has 0 saturated carbocycles. The van der Waals surface area contributed by atoms with Gasteiger partial charge in [0, 0.05) is 17.8 Å². The van der Waals surface area contributed by atoms with E-state index in [1.54, 1.807) is 0 Å². The van der Waals surface area contributed by atoms with Crippen molar-refractivity contribution in [1.29, 1.82) is 0 Å². The van der Waals surface area contributed by atoms with Gasteiger partial charge in [-0.15, -0.1) is 0 Å². The molecule has 0 saturated heterocycles. The molecule has 0 bridgehead atoms. The van der Waals surface area contributed by atoms with Gasteiger partial charge in [0.25, 0.3) is 5.91 Å². The van der Waals surface area contributed by atoms with Crippen molar-refractivity contribution in [1.82, 2.24) is 9.88 Å². The maximum absolute atomic E-state index is 12.4. The monoisotopic (exact) mass is 352 g/mol. The zero-order valence-corrected chi connectivity index (χ0v) is 13.3. The molecule has 0 aliphatic carbocycles. The first-order valence-electron chi connectivity index (χ1n) is 6.85. The van der Waals surface area contributed by atoms with Crippen molar-refractivity contribution in [2.75, 3.05) is 19.0 Å². The van der Waals surface area contributed by atoms with Crippen LogP contribution in [0.3, 0.4) is 0 Å². The number of hydrogen-bond acceptors (Lipinski definition) is 8. The molecule has 0 radical (unpaired) electrons. The van der Waals surface area contributed by atoms with Crippen molar-refractivity contribution in [2.45, 2.75) is 13.0 Å². The second-order valence-electron chi connectivity index (χ2n) is 4.88. The Labute approximate surface area is 139 Å². The highest BCUT2D eigenvalue weighted by atomic mass is 32.1. The van der Waals surface area contributed by atoms with E-state index in [1.165, 1.54) is 29.4 Å². The molecule has 0 spiro atoms. The summed E-state index contributed by atoms with van der Waals surface area (Å²) in [5.41, 5.74) is 0.806. The predicted octanol–water partition coefficient (Wildman–Crippen LogP) is 2.02. The number of ether oxygens (including phenoxy) is 1. The van der Waals surface area contributed by atoms with Crippen LogP contribution in [0.15, 0.2) is 16.5 Å². The van der Waals surface area contributed by atoms with Crippen LogP contribution in [0, 0.1) is 10.1 Å². The molecular weight excluding hydrogens is 340 g/mol. The number of methoxy groups -OCH3 is 1. The third-order valence-electron chi connectivity index (χ3n) is 3.40. The molecule has 3 rings (SSSR count). The van der Waals surface area contributed by atoms with Gasteiger partial charge in [0.15, 0.2) is 10.9 Å². The third kappa shape index (κ3) is 3.06. The number of furan rings is 1. The number of fused-ring (bicyclic) bond motifs is 1. The van der Waals surface area contributed by atoms with Crippen LogP contribution in [0.5, 0.6) is 0 Å². The molecule has 1 aliphatic rings. The Morgan fingerprint density at radius 2 is 2.29 bits per heavy atom. The quantitative estimate of drug-likeness (QED) is 0.661. The van der Waals surface area contributed by atoms with Crippen molar-refractivity contribution in [2.24, 2.45) is 0 Å². The van der Waals surface area contributed by atoms with Crippen molar-refractivity contribution in [3.63, 3.8) is 0 Å². The summed E-state index contributed by atoms with van der Waals surface area (Å²) in [4.78, 5) is 40.2. The van der Waals surface area contributed by atoms with Crippen LogP contribution in [-0.2, 0) is 17.7 Å². The first kappa shape index (κ1) is 15.9. The minimum absolute atomic E-state index is 0.0809. The highest BCUT2D eigenvalue weighted by molar-refractivity contribution is 7.15. The van der Waals surface area contributed by atoms with Gasteiger partial charge < -0.3 is 14.1 Å². The number of thiazole rings is 1. The lowest BCUT2D eigenvalue weighted by Crippen LogP contribution is -2.35. The average Bonchev–Trinajstić information content (AvgIpc) is 3.19. The summed E-state index contributed by atoms with van der Waals surface area (Å²) in [6, 6.07) is 2.43. The number of hydrogen-bond donors (Lipinski definition) is 1. The largest absolute Gasteiger partial charge is 0.453 e. The number of anilines is 1. The Hall–Kier alpha value is -2.95. The van der Waals surface area contributed by atoms with Gasteiger partial charge in [-0.25, -0.2) is 9.78 Å². The number of rotatable bonds is 3. The summed E-state index contributed by atoms with van der Waals surface area (Å²) in [6.07, 6.45) is -0.0969. The molecule has 24 heavy (non-hydrogen) atoms. The van der Waals surface area contributed by atoms with E-state index in [2.05, 4.69) is 15.0 Å². The van der Waals surface area contributed by atoms with E-state index >= 15 is 0 Å². The van der Waals surface area contributed by atoms with Gasteiger partial charge >= 0.3 is 12.0 Å². The Balaban J connectivity index is 1.73. The zero-order chi connectivity index (χ0) is 17.3. The smallest absolute Gasteiger partial charge is 0.433 e. The van der Waals surface area contributed by atoms with Crippen molar-refractivity contribution >= 4 is 34.4 Å². The average molecular weight is 352 g/mol. The second-order valence-corrected chi connectivity index (χ2v) is 5.96. The SMILES string of the molecule is COC(=O)Nc1nc2c(s1)CN(C(=O)c1ccc([N+](=O)[O-])o1)CC2. The van der Waals surface area contributed by atoms with Crippen molar-refractivity contribution in [3.05, 3.63) is 38.6 Å². The van der Waals surface area contributed by atoms with E-state index in [9.17, 15) is 19.7 Å². The fourth-order valence-electron chi connectivity index (χ4n) is 2.26. The van der Waals surface area contributed by atoms with E-state index in [0.29, 0.717) is 24.6 Å². The van der Waals surface area contributed by atoms with E-state index in [-0.39, 0.29) is 5.76 Å². The van der Waals surface area contributed by atoms with Crippen LogP contribution in [0.25, 0.3) is 0 Å². The summed E-state index contributed by atoms with van der Waals surface area (Å²) in [7, 11) is 1.26. The number of aromatic nitrogens is 1. The van der Waals surface area contributed by atoms with Crippen LogP contribution in [0.4, 0.5) is 15.8 Å². The predicted molar refractivity (Wildman–Crippen MR) is 81.9 cm³/mol. The zero-order valence-electron chi connectivity index (χ0n) is 12.5. The van der Waals surface area contributed by atoms with Crippen LogP contribution in [-0.4, -0.2) is 40.5 Å². The second kappa shape index (κ2) is 6.28. The van der Waals surface area contributed by atoms with Gasteiger partial charge in [-0.2, -0.15) is 0 Å². The molecule has 11 heteroatoms. The van der Waals surface area contributed by atoms with Crippen LogP contribution >= 0.6 is 11.3 Å². The number of amides is 2. The van der Waals surface area contributed by atoms with E-state index < -0.39 is 22.8 Å². The number of nitrogens with zero attached hydrogens (tertiary/aromatic N) is 3. The molecule has 0 fully saturated rings. The van der Waals surface area contributed by atoms with Crippen LogP contribution in [0.2, 0.25) is 0 Å². The topological polar surface area (TPSA) is 128 Å². The van der Waals surface area contributed by atoms with E-state index in [0.717, 1.165) is 16.6 Å². The summed E-state index contributed by atoms with van der Waals surface area (Å²) >= 11 is 1.25. The normalized spacial score (nSPS) is 13.3. The molecule has 10 nitrogen and oxygen atoms in total. The molecule has 2 aromatic heterocycles. The van der Waals surface area contributed by atoms with Crippen molar-refractivity contribution in [3.8, 4) is 0 Å². The van der Waals surface area contributed by atoms with E-state index in [4.69, 9.17) is 4.42 Å². The summed E-state index contributed by atoms with van der Waals surface area (Å²) in [5.74, 6) is -0.981. The highest BCUT2D eigenvalue weighted by Crippen LogP contribution is 2.29. The maximum atomic E-state index is 12.4. The van der Waals surface area contributed by atoms with Gasteiger partial charge in [0.1, 0.15) is 4.92 Å². The molecular formula is C13H12N4O6S. The number of nitro groups is 1. The third-order valence-corrected chi connectivity index (χ3v) is 4.39. The number of nitrogens with one attached hydrogen (secondary N) is 1. The maximum Gasteiger partial charge on any atom is 0.433 e. The molecule has 1 N–H and O–H groups in total. The standard InChI is InChI=1S/C13H12N4O6S/c1-22-13(19)15-12-14-7-4-5-16(6-9(7)24-12)11(18)8-2-3-10(23-8)17(20)21/h2-3H,4-6H2,1H3,(H,14,15,19). The molecule has 0 unspecified atom stereocenters. The molecule has 0 atom stereocenters. The first-order valence-corrected chi connectivity index (χ1v) is 7.66. The molecule has 0 aromatic carbocycles. The van der Waals surface area contributed by atoms with Gasteiger partial charge in [-0.1, -0.05) is 11.3 Å². The lowest BCUT2D eigenvalue weighted by Gasteiger charge is -2.24.